The van der Waals surface area contributed by atoms with Crippen molar-refractivity contribution >= 4 is 0 Å². The van der Waals surface area contributed by atoms with Gasteiger partial charge in [0.15, 0.2) is 0 Å². The standard InChI is InChI=1S/C10H20N2/c1-6-9-11(5)7-8-12(9)10(2,3)4/h6H,7-8H2,1-5H3/b9-6+. The van der Waals surface area contributed by atoms with Crippen LogP contribution in [0.2, 0.25) is 0 Å². The third-order valence-electron chi connectivity index (χ3n) is 2.39. The van der Waals surface area contributed by atoms with Crippen molar-refractivity contribution in [1.29, 1.82) is 0 Å². The lowest BCUT2D eigenvalue weighted by Gasteiger charge is -2.35. The van der Waals surface area contributed by atoms with Crippen LogP contribution in [-0.2, 0) is 0 Å². The van der Waals surface area contributed by atoms with Crippen molar-refractivity contribution in [3.8, 4) is 0 Å². The molecule has 0 N–H and O–H groups in total. The molecule has 2 nitrogen and oxygen atoms in total. The summed E-state index contributed by atoms with van der Waals surface area (Å²) < 4.78 is 0. The van der Waals surface area contributed by atoms with Gasteiger partial charge in [0.1, 0.15) is 0 Å². The topological polar surface area (TPSA) is 6.48 Å². The summed E-state index contributed by atoms with van der Waals surface area (Å²) in [5, 5.41) is 0. The Balaban J connectivity index is 2.81. The van der Waals surface area contributed by atoms with Gasteiger partial charge in [0.05, 0.1) is 5.82 Å². The van der Waals surface area contributed by atoms with Crippen LogP contribution in [0.3, 0.4) is 0 Å². The molecule has 0 atom stereocenters. The number of allylic oxidation sites excluding steroid dienone is 1. The molecule has 1 aliphatic rings. The second-order valence-corrected chi connectivity index (χ2v) is 4.39. The summed E-state index contributed by atoms with van der Waals surface area (Å²) in [6.07, 6.45) is 2.19. The average Bonchev–Trinajstić information content (AvgIpc) is 2.29. The zero-order valence-corrected chi connectivity index (χ0v) is 8.89. The first kappa shape index (κ1) is 9.43. The van der Waals surface area contributed by atoms with E-state index in [1.165, 1.54) is 5.82 Å². The molecule has 0 saturated carbocycles. The third-order valence-corrected chi connectivity index (χ3v) is 2.39. The van der Waals surface area contributed by atoms with Gasteiger partial charge in [-0.25, -0.2) is 0 Å². The summed E-state index contributed by atoms with van der Waals surface area (Å²) in [6.45, 7) is 11.2. The van der Waals surface area contributed by atoms with E-state index in [9.17, 15) is 0 Å². The molecule has 0 bridgehead atoms. The Morgan fingerprint density at radius 1 is 1.25 bits per heavy atom. The third kappa shape index (κ3) is 1.57. The number of likely N-dealkylation sites (N-methyl/N-ethyl adjacent to an activating group) is 1. The fraction of sp³-hybridized carbons (Fsp3) is 0.800. The van der Waals surface area contributed by atoms with E-state index in [0.29, 0.717) is 0 Å². The first-order valence-corrected chi connectivity index (χ1v) is 4.62. The van der Waals surface area contributed by atoms with Gasteiger partial charge in [0.25, 0.3) is 0 Å². The SMILES string of the molecule is C/C=C1\N(C)CCN1C(C)(C)C. The number of hydrogen-bond donors (Lipinski definition) is 0. The van der Waals surface area contributed by atoms with Gasteiger partial charge in [-0.1, -0.05) is 0 Å². The fourth-order valence-electron chi connectivity index (χ4n) is 1.74. The second-order valence-electron chi connectivity index (χ2n) is 4.39. The first-order valence-electron chi connectivity index (χ1n) is 4.62. The Morgan fingerprint density at radius 2 is 1.83 bits per heavy atom. The maximum Gasteiger partial charge on any atom is 0.0998 e. The van der Waals surface area contributed by atoms with Gasteiger partial charge < -0.3 is 9.80 Å². The molecule has 2 heteroatoms. The van der Waals surface area contributed by atoms with Crippen molar-refractivity contribution in [2.24, 2.45) is 0 Å². The minimum Gasteiger partial charge on any atom is -0.360 e. The van der Waals surface area contributed by atoms with Gasteiger partial charge in [-0.3, -0.25) is 0 Å². The summed E-state index contributed by atoms with van der Waals surface area (Å²) >= 11 is 0. The second kappa shape index (κ2) is 3.00. The van der Waals surface area contributed by atoms with Gasteiger partial charge in [0.2, 0.25) is 0 Å². The van der Waals surface area contributed by atoms with E-state index >= 15 is 0 Å². The molecule has 1 fully saturated rings. The Morgan fingerprint density at radius 3 is 2.17 bits per heavy atom. The smallest absolute Gasteiger partial charge is 0.0998 e. The van der Waals surface area contributed by atoms with E-state index < -0.39 is 0 Å². The van der Waals surface area contributed by atoms with Crippen molar-refractivity contribution in [2.45, 2.75) is 33.2 Å². The molecule has 1 aliphatic heterocycles. The fourth-order valence-corrected chi connectivity index (χ4v) is 1.74. The van der Waals surface area contributed by atoms with E-state index in [1.807, 2.05) is 0 Å². The minimum absolute atomic E-state index is 0.257. The van der Waals surface area contributed by atoms with Gasteiger partial charge in [-0.05, 0) is 33.8 Å². The Labute approximate surface area is 75.8 Å². The molecule has 12 heavy (non-hydrogen) atoms. The van der Waals surface area contributed by atoms with Crippen LogP contribution in [0.4, 0.5) is 0 Å². The van der Waals surface area contributed by atoms with Gasteiger partial charge >= 0.3 is 0 Å². The van der Waals surface area contributed by atoms with Crippen LogP contribution in [0.5, 0.6) is 0 Å². The monoisotopic (exact) mass is 168 g/mol. The number of nitrogens with zero attached hydrogens (tertiary/aromatic N) is 2. The quantitative estimate of drug-likeness (QED) is 0.545. The van der Waals surface area contributed by atoms with E-state index in [2.05, 4.69) is 50.6 Å². The van der Waals surface area contributed by atoms with Crippen LogP contribution in [-0.4, -0.2) is 35.5 Å². The summed E-state index contributed by atoms with van der Waals surface area (Å²) in [5.74, 6) is 1.36. The Hall–Kier alpha value is -0.660. The van der Waals surface area contributed by atoms with Crippen molar-refractivity contribution in [3.63, 3.8) is 0 Å². The highest BCUT2D eigenvalue weighted by atomic mass is 15.4. The van der Waals surface area contributed by atoms with E-state index in [0.717, 1.165) is 13.1 Å². The summed E-state index contributed by atoms with van der Waals surface area (Å²) in [7, 11) is 2.15. The zero-order chi connectivity index (χ0) is 9.35. The average molecular weight is 168 g/mol. The molecule has 0 aliphatic carbocycles. The lowest BCUT2D eigenvalue weighted by Crippen LogP contribution is -2.38. The van der Waals surface area contributed by atoms with Crippen LogP contribution < -0.4 is 0 Å². The lowest BCUT2D eigenvalue weighted by atomic mass is 10.1. The minimum atomic E-state index is 0.257. The summed E-state index contributed by atoms with van der Waals surface area (Å²) in [6, 6.07) is 0. The van der Waals surface area contributed by atoms with Crippen molar-refractivity contribution in [3.05, 3.63) is 11.9 Å². The van der Waals surface area contributed by atoms with Crippen LogP contribution >= 0.6 is 0 Å². The number of rotatable bonds is 0. The molecule has 0 aromatic heterocycles. The normalized spacial score (nSPS) is 22.6. The van der Waals surface area contributed by atoms with Gasteiger partial charge in [0, 0.05) is 25.7 Å². The molecular formula is C10H20N2. The molecule has 70 valence electrons. The predicted molar refractivity (Wildman–Crippen MR) is 52.8 cm³/mol. The largest absolute Gasteiger partial charge is 0.360 e. The molecule has 1 heterocycles. The molecule has 0 aromatic carbocycles. The first-order chi connectivity index (χ1) is 5.46. The molecule has 1 rings (SSSR count). The Kier molecular flexibility index (Phi) is 2.36. The zero-order valence-electron chi connectivity index (χ0n) is 8.89. The summed E-state index contributed by atoms with van der Waals surface area (Å²) in [5.41, 5.74) is 0.257. The van der Waals surface area contributed by atoms with E-state index in [1.54, 1.807) is 0 Å². The lowest BCUT2D eigenvalue weighted by molar-refractivity contribution is 0.203. The highest BCUT2D eigenvalue weighted by Gasteiger charge is 2.29. The van der Waals surface area contributed by atoms with E-state index in [-0.39, 0.29) is 5.54 Å². The number of hydrogen-bond acceptors (Lipinski definition) is 2. The van der Waals surface area contributed by atoms with Gasteiger partial charge in [-0.15, -0.1) is 0 Å². The molecular weight excluding hydrogens is 148 g/mol. The summed E-state index contributed by atoms with van der Waals surface area (Å²) in [4.78, 5) is 4.76. The maximum absolute atomic E-state index is 2.45. The molecule has 0 spiro atoms. The van der Waals surface area contributed by atoms with Crippen LogP contribution in [0.1, 0.15) is 27.7 Å². The van der Waals surface area contributed by atoms with E-state index in [4.69, 9.17) is 0 Å². The van der Waals surface area contributed by atoms with Crippen molar-refractivity contribution in [1.82, 2.24) is 9.80 Å². The van der Waals surface area contributed by atoms with Crippen molar-refractivity contribution in [2.75, 3.05) is 20.1 Å². The van der Waals surface area contributed by atoms with Gasteiger partial charge in [-0.2, -0.15) is 0 Å². The van der Waals surface area contributed by atoms with Crippen LogP contribution in [0.25, 0.3) is 0 Å². The molecule has 0 amide bonds. The maximum atomic E-state index is 2.45. The predicted octanol–water partition coefficient (Wildman–Crippen LogP) is 1.89. The van der Waals surface area contributed by atoms with Crippen LogP contribution in [0, 0.1) is 0 Å². The highest BCUT2D eigenvalue weighted by Crippen LogP contribution is 2.25. The molecule has 0 unspecified atom stereocenters. The molecule has 0 aromatic rings. The molecule has 1 saturated heterocycles. The highest BCUT2D eigenvalue weighted by molar-refractivity contribution is 5.07. The van der Waals surface area contributed by atoms with Crippen LogP contribution in [0.15, 0.2) is 11.9 Å². The molecule has 0 radical (unpaired) electrons. The van der Waals surface area contributed by atoms with Crippen molar-refractivity contribution < 1.29 is 0 Å². The Bertz CT molecular complexity index is 189.